The van der Waals surface area contributed by atoms with Crippen molar-refractivity contribution < 1.29 is 0 Å². The van der Waals surface area contributed by atoms with Gasteiger partial charge in [-0.25, -0.2) is 0 Å². The lowest BCUT2D eigenvalue weighted by molar-refractivity contribution is 0.632. The van der Waals surface area contributed by atoms with Gasteiger partial charge in [-0.1, -0.05) is 421 Å². The zero-order chi connectivity index (χ0) is 84.7. The Hall–Kier alpha value is -11.2. The monoisotopic (exact) mass is 1530 g/mol. The average Bonchev–Trinajstić information content (AvgIpc) is 0.733. The number of rotatable bonds is 0. The van der Waals surface area contributed by atoms with Gasteiger partial charge in [0.05, 0.1) is 22.7 Å². The summed E-state index contributed by atoms with van der Waals surface area (Å²) >= 11 is 0. The van der Waals surface area contributed by atoms with Crippen LogP contribution in [-0.4, -0.2) is 28.2 Å². The van der Waals surface area contributed by atoms with Crippen LogP contribution in [0, 0.1) is 0 Å². The Bertz CT molecular complexity index is 5780. The Labute approximate surface area is 698 Å². The molecule has 0 amide bonds. The third-order valence-corrected chi connectivity index (χ3v) is 23.2. The summed E-state index contributed by atoms with van der Waals surface area (Å²) in [5, 5.41) is 21.1. The highest BCUT2D eigenvalue weighted by molar-refractivity contribution is 6.08. The predicted molar refractivity (Wildman–Crippen MR) is 523 cm³/mol. The van der Waals surface area contributed by atoms with Crippen molar-refractivity contribution in [1.82, 2.24) is 0 Å². The van der Waals surface area contributed by atoms with E-state index in [4.69, 9.17) is 0 Å². The molecule has 600 valence electrons. The van der Waals surface area contributed by atoms with Crippen LogP contribution in [0.1, 0.15) is 211 Å². The molecular formula is C112H132N4. The van der Waals surface area contributed by atoms with Crippen LogP contribution in [0.2, 0.25) is 0 Å². The summed E-state index contributed by atoms with van der Waals surface area (Å²) < 4.78 is 0. The van der Waals surface area contributed by atoms with Crippen LogP contribution in [-0.2, 0) is 21.7 Å². The SMILES string of the molecule is CC.CC.CC.CC.CC.CC.CC.CC.CN1c2c(ccc3ccccc23)C(C)(C)c2ccc3ccccc3c21.CN1c2cc3ccccc3cc2C(C)(C)c2c1ccc1ccccc21.CN1c2cc3ccccc3cc2C(C)(C)c2ccc3ccccc3c21.CN1c2ccc3ccccc3c2C(C)(C)c2ccc3ccccc3c21. The summed E-state index contributed by atoms with van der Waals surface area (Å²) in [5.74, 6) is 0. The first-order chi connectivity index (χ1) is 56.3. The van der Waals surface area contributed by atoms with Gasteiger partial charge in [-0.15, -0.1) is 0 Å². The van der Waals surface area contributed by atoms with Crippen LogP contribution in [0.5, 0.6) is 0 Å². The van der Waals surface area contributed by atoms with Crippen molar-refractivity contribution in [2.24, 2.45) is 0 Å². The first-order valence-electron chi connectivity index (χ1n) is 43.5. The van der Waals surface area contributed by atoms with Crippen molar-refractivity contribution in [3.05, 3.63) is 336 Å². The van der Waals surface area contributed by atoms with Gasteiger partial charge in [0.15, 0.2) is 0 Å². The first-order valence-corrected chi connectivity index (χ1v) is 43.5. The van der Waals surface area contributed by atoms with Gasteiger partial charge in [0.25, 0.3) is 0 Å². The van der Waals surface area contributed by atoms with Gasteiger partial charge in [0, 0.05) is 94.1 Å². The Morgan fingerprint density at radius 2 is 0.362 bits per heavy atom. The van der Waals surface area contributed by atoms with E-state index < -0.39 is 0 Å². The van der Waals surface area contributed by atoms with E-state index in [1.165, 1.54) is 176 Å². The molecular weight excluding hydrogens is 1400 g/mol. The molecule has 0 fully saturated rings. The molecule has 0 unspecified atom stereocenters. The largest absolute Gasteiger partial charge is 0.344 e. The molecule has 116 heavy (non-hydrogen) atoms. The fourth-order valence-electron chi connectivity index (χ4n) is 17.9. The van der Waals surface area contributed by atoms with Gasteiger partial charge >= 0.3 is 0 Å². The third-order valence-electron chi connectivity index (χ3n) is 23.2. The molecule has 4 heterocycles. The molecule has 4 aliphatic rings. The van der Waals surface area contributed by atoms with Crippen LogP contribution >= 0.6 is 0 Å². The third kappa shape index (κ3) is 15.9. The maximum absolute atomic E-state index is 2.40. The topological polar surface area (TPSA) is 13.0 Å². The lowest BCUT2D eigenvalue weighted by Crippen LogP contribution is -2.31. The average molecular weight is 1530 g/mol. The van der Waals surface area contributed by atoms with Crippen molar-refractivity contribution in [3.8, 4) is 0 Å². The van der Waals surface area contributed by atoms with Crippen LogP contribution < -0.4 is 19.6 Å². The fourth-order valence-corrected chi connectivity index (χ4v) is 17.9. The van der Waals surface area contributed by atoms with Crippen molar-refractivity contribution in [1.29, 1.82) is 0 Å². The summed E-state index contributed by atoms with van der Waals surface area (Å²) in [5.41, 5.74) is 21.7. The molecule has 16 aromatic rings. The molecule has 0 bridgehead atoms. The Balaban J connectivity index is 0.000000167. The van der Waals surface area contributed by atoms with Gasteiger partial charge < -0.3 is 19.6 Å². The van der Waals surface area contributed by atoms with Crippen molar-refractivity contribution in [2.75, 3.05) is 47.8 Å². The highest BCUT2D eigenvalue weighted by atomic mass is 15.1. The van der Waals surface area contributed by atoms with E-state index in [1.54, 1.807) is 0 Å². The van der Waals surface area contributed by atoms with Crippen molar-refractivity contribution in [2.45, 2.75) is 188 Å². The van der Waals surface area contributed by atoms with Gasteiger partial charge in [0.1, 0.15) is 0 Å². The van der Waals surface area contributed by atoms with Crippen molar-refractivity contribution in [3.63, 3.8) is 0 Å². The molecule has 4 aliphatic heterocycles. The first kappa shape index (κ1) is 88.7. The van der Waals surface area contributed by atoms with E-state index in [0.717, 1.165) is 0 Å². The molecule has 4 nitrogen and oxygen atoms in total. The minimum absolute atomic E-state index is 0.0226. The maximum Gasteiger partial charge on any atom is 0.0529 e. The van der Waals surface area contributed by atoms with E-state index in [0.29, 0.717) is 0 Å². The zero-order valence-corrected chi connectivity index (χ0v) is 75.5. The number of fused-ring (bicyclic) bond motifs is 22. The summed E-state index contributed by atoms with van der Waals surface area (Å²) in [6.07, 6.45) is 0. The van der Waals surface area contributed by atoms with E-state index in [9.17, 15) is 0 Å². The Morgan fingerprint density at radius 3 is 0.681 bits per heavy atom. The lowest BCUT2D eigenvalue weighted by atomic mass is 9.71. The second kappa shape index (κ2) is 38.5. The highest BCUT2D eigenvalue weighted by Crippen LogP contribution is 2.57. The van der Waals surface area contributed by atoms with Crippen LogP contribution in [0.4, 0.5) is 45.5 Å². The molecule has 4 heteroatoms. The second-order valence-corrected chi connectivity index (χ2v) is 30.3. The Kier molecular flexibility index (Phi) is 29.5. The van der Waals surface area contributed by atoms with Crippen LogP contribution in [0.15, 0.2) is 291 Å². The normalized spacial score (nSPS) is 13.6. The summed E-state index contributed by atoms with van der Waals surface area (Å²) in [6, 6.07) is 106. The van der Waals surface area contributed by atoms with Crippen molar-refractivity contribution >= 4 is 132 Å². The molecule has 0 atom stereocenters. The van der Waals surface area contributed by atoms with Gasteiger partial charge in [0.2, 0.25) is 0 Å². The molecule has 0 saturated carbocycles. The van der Waals surface area contributed by atoms with Gasteiger partial charge in [-0.2, -0.15) is 0 Å². The number of hydrogen-bond acceptors (Lipinski definition) is 4. The lowest BCUT2D eigenvalue weighted by Gasteiger charge is -2.42. The minimum atomic E-state index is -0.0396. The number of nitrogens with zero attached hydrogens (tertiary/aromatic N) is 4. The smallest absolute Gasteiger partial charge is 0.0529 e. The number of hydrogen-bond donors (Lipinski definition) is 0. The summed E-state index contributed by atoms with van der Waals surface area (Å²) in [4.78, 5) is 9.52. The molecule has 0 N–H and O–H groups in total. The molecule has 16 aromatic carbocycles. The van der Waals surface area contributed by atoms with Gasteiger partial charge in [-0.3, -0.25) is 0 Å². The predicted octanol–water partition coefficient (Wildman–Crippen LogP) is 33.8. The van der Waals surface area contributed by atoms with E-state index in [1.807, 2.05) is 111 Å². The minimum Gasteiger partial charge on any atom is -0.344 e. The van der Waals surface area contributed by atoms with Crippen LogP contribution in [0.3, 0.4) is 0 Å². The molecule has 0 spiro atoms. The standard InChI is InChI=1S/4C24H21N.8C2H6/c1-24(2)20-14-12-17-9-5-7-11-19(17)23(20)25(3)21-15-13-16-8-4-6-10-18(16)22(21)24;1-24(2)20-14-12-16-8-4-6-10-18(16)22(20)25(3)23-19-11-7-5-9-17(19)13-15-21(23)24;1-24(2)20-14-17-9-4-5-10-18(17)15-22(20)25(3)21-13-12-16-8-6-7-11-19(16)23(21)24;1-24(2)20-13-12-16-8-6-7-11-19(16)23(20)25(3)22-15-18-10-5-4-9-17(18)14-21(22)24;8*1-2/h4*4-15H,1-3H3;8*1-2H3. The Morgan fingerprint density at radius 1 is 0.164 bits per heavy atom. The van der Waals surface area contributed by atoms with E-state index >= 15 is 0 Å². The zero-order valence-electron chi connectivity index (χ0n) is 75.5. The molecule has 20 rings (SSSR count). The van der Waals surface area contributed by atoms with E-state index in [2.05, 4.69) is 394 Å². The second-order valence-electron chi connectivity index (χ2n) is 30.3. The van der Waals surface area contributed by atoms with E-state index in [-0.39, 0.29) is 21.7 Å². The summed E-state index contributed by atoms with van der Waals surface area (Å²) in [6.45, 7) is 50.8. The number of anilines is 8. The van der Waals surface area contributed by atoms with Crippen LogP contribution in [0.25, 0.3) is 86.2 Å². The molecule has 0 saturated heterocycles. The molecule has 0 aromatic heterocycles. The maximum atomic E-state index is 2.40. The van der Waals surface area contributed by atoms with Gasteiger partial charge in [-0.05, 0) is 146 Å². The molecule has 0 aliphatic carbocycles. The quantitative estimate of drug-likeness (QED) is 0.150. The fraction of sp³-hybridized carbons (Fsp3) is 0.286. The molecule has 0 radical (unpaired) electrons. The summed E-state index contributed by atoms with van der Waals surface area (Å²) in [7, 11) is 8.81. The number of benzene rings is 16. The highest BCUT2D eigenvalue weighted by Gasteiger charge is 2.41.